The van der Waals surface area contributed by atoms with Crippen LogP contribution in [0.3, 0.4) is 0 Å². The first-order valence-electron chi connectivity index (χ1n) is 7.48. The summed E-state index contributed by atoms with van der Waals surface area (Å²) >= 11 is 5.77. The number of halogens is 1. The van der Waals surface area contributed by atoms with Crippen LogP contribution in [0.4, 0.5) is 0 Å². The standard InChI is InChI=1S/C17H18ClNO5S/c1-12(19-25(22,23)16-8-4-14(18)5-9-16)10-13-2-6-15(7-3-13)24-11-17(20)21/h2-9,12,19H,10-11H2,1H3,(H,20,21)/t12-/m1/s1. The van der Waals surface area contributed by atoms with Gasteiger partial charge in [0, 0.05) is 11.1 Å². The van der Waals surface area contributed by atoms with E-state index in [1.54, 1.807) is 31.2 Å². The SMILES string of the molecule is C[C@H](Cc1ccc(OCC(=O)O)cc1)NS(=O)(=O)c1ccc(Cl)cc1. The number of benzene rings is 2. The van der Waals surface area contributed by atoms with Crippen LogP contribution in [-0.2, 0) is 21.2 Å². The average Bonchev–Trinajstić information content (AvgIpc) is 2.54. The van der Waals surface area contributed by atoms with Gasteiger partial charge in [-0.25, -0.2) is 17.9 Å². The van der Waals surface area contributed by atoms with Gasteiger partial charge in [0.15, 0.2) is 6.61 Å². The maximum atomic E-state index is 12.3. The van der Waals surface area contributed by atoms with Crippen molar-refractivity contribution in [2.45, 2.75) is 24.3 Å². The van der Waals surface area contributed by atoms with Gasteiger partial charge in [-0.2, -0.15) is 0 Å². The molecule has 134 valence electrons. The summed E-state index contributed by atoms with van der Waals surface area (Å²) < 4.78 is 32.3. The van der Waals surface area contributed by atoms with E-state index < -0.39 is 22.6 Å². The molecule has 25 heavy (non-hydrogen) atoms. The topological polar surface area (TPSA) is 92.7 Å². The zero-order valence-electron chi connectivity index (χ0n) is 13.5. The van der Waals surface area contributed by atoms with Crippen LogP contribution in [0.1, 0.15) is 12.5 Å². The highest BCUT2D eigenvalue weighted by Gasteiger charge is 2.17. The molecule has 0 heterocycles. The molecule has 0 amide bonds. The quantitative estimate of drug-likeness (QED) is 0.731. The lowest BCUT2D eigenvalue weighted by atomic mass is 10.1. The molecule has 8 heteroatoms. The molecule has 0 radical (unpaired) electrons. The van der Waals surface area contributed by atoms with Gasteiger partial charge in [0.1, 0.15) is 5.75 Å². The zero-order valence-corrected chi connectivity index (χ0v) is 15.0. The third kappa shape index (κ3) is 6.04. The van der Waals surface area contributed by atoms with Crippen molar-refractivity contribution in [3.05, 3.63) is 59.1 Å². The van der Waals surface area contributed by atoms with E-state index in [-0.39, 0.29) is 10.9 Å². The van der Waals surface area contributed by atoms with E-state index in [1.807, 2.05) is 0 Å². The summed E-state index contributed by atoms with van der Waals surface area (Å²) in [4.78, 5) is 10.6. The van der Waals surface area contributed by atoms with Crippen molar-refractivity contribution in [1.82, 2.24) is 4.72 Å². The van der Waals surface area contributed by atoms with E-state index in [4.69, 9.17) is 21.4 Å². The summed E-state index contributed by atoms with van der Waals surface area (Å²) in [5, 5.41) is 9.04. The molecule has 0 aliphatic heterocycles. The number of hydrogen-bond acceptors (Lipinski definition) is 4. The molecule has 2 aromatic rings. The molecule has 0 bridgehead atoms. The normalized spacial score (nSPS) is 12.6. The number of aliphatic carboxylic acids is 1. The first-order valence-corrected chi connectivity index (χ1v) is 9.34. The molecule has 6 nitrogen and oxygen atoms in total. The third-order valence-corrected chi connectivity index (χ3v) is 5.17. The second-order valence-electron chi connectivity index (χ2n) is 5.51. The van der Waals surface area contributed by atoms with Crippen LogP contribution in [0, 0.1) is 0 Å². The lowest BCUT2D eigenvalue weighted by Gasteiger charge is -2.15. The molecule has 0 spiro atoms. The van der Waals surface area contributed by atoms with E-state index >= 15 is 0 Å². The fourth-order valence-electron chi connectivity index (χ4n) is 2.21. The van der Waals surface area contributed by atoms with Crippen LogP contribution >= 0.6 is 11.6 Å². The van der Waals surface area contributed by atoms with Crippen LogP contribution in [0.25, 0.3) is 0 Å². The predicted octanol–water partition coefficient (Wildman–Crippen LogP) is 2.71. The molecular weight excluding hydrogens is 366 g/mol. The van der Waals surface area contributed by atoms with Crippen LogP contribution < -0.4 is 9.46 Å². The van der Waals surface area contributed by atoms with Crippen molar-refractivity contribution in [2.75, 3.05) is 6.61 Å². The van der Waals surface area contributed by atoms with E-state index in [0.717, 1.165) is 5.56 Å². The number of hydrogen-bond donors (Lipinski definition) is 2. The molecule has 0 saturated carbocycles. The van der Waals surface area contributed by atoms with Gasteiger partial charge in [-0.05, 0) is 55.3 Å². The first-order chi connectivity index (χ1) is 11.8. The lowest BCUT2D eigenvalue weighted by Crippen LogP contribution is -2.34. The number of sulfonamides is 1. The Morgan fingerprint density at radius 1 is 1.16 bits per heavy atom. The Bertz CT molecular complexity index is 819. The molecule has 2 N–H and O–H groups in total. The van der Waals surface area contributed by atoms with E-state index in [1.165, 1.54) is 24.3 Å². The summed E-state index contributed by atoms with van der Waals surface area (Å²) in [6.07, 6.45) is 0.478. The minimum atomic E-state index is -3.62. The maximum absolute atomic E-state index is 12.3. The fraction of sp³-hybridized carbons (Fsp3) is 0.235. The summed E-state index contributed by atoms with van der Waals surface area (Å²) in [7, 11) is -3.62. The largest absolute Gasteiger partial charge is 0.482 e. The Kier molecular flexibility index (Phi) is 6.41. The molecule has 0 aliphatic rings. The van der Waals surface area contributed by atoms with Gasteiger partial charge in [0.25, 0.3) is 0 Å². The fourth-order valence-corrected chi connectivity index (χ4v) is 3.58. The van der Waals surface area contributed by atoms with Gasteiger partial charge in [-0.1, -0.05) is 23.7 Å². The number of carboxylic acid groups (broad SMARTS) is 1. The van der Waals surface area contributed by atoms with Crippen molar-refractivity contribution in [3.63, 3.8) is 0 Å². The molecule has 2 aromatic carbocycles. The van der Waals surface area contributed by atoms with Crippen LogP contribution in [0.5, 0.6) is 5.75 Å². The monoisotopic (exact) mass is 383 g/mol. The Morgan fingerprint density at radius 2 is 1.76 bits per heavy atom. The van der Waals surface area contributed by atoms with Crippen molar-refractivity contribution < 1.29 is 23.1 Å². The second kappa shape index (κ2) is 8.33. The molecule has 0 fully saturated rings. The van der Waals surface area contributed by atoms with E-state index in [2.05, 4.69) is 4.72 Å². The average molecular weight is 384 g/mol. The van der Waals surface area contributed by atoms with Gasteiger partial charge in [-0.3, -0.25) is 0 Å². The van der Waals surface area contributed by atoms with Crippen molar-refractivity contribution in [3.8, 4) is 5.75 Å². The maximum Gasteiger partial charge on any atom is 0.341 e. The van der Waals surface area contributed by atoms with E-state index in [0.29, 0.717) is 17.2 Å². The number of carboxylic acids is 1. The summed E-state index contributed by atoms with van der Waals surface area (Å²) in [5.74, 6) is -0.602. The highest BCUT2D eigenvalue weighted by atomic mass is 35.5. The van der Waals surface area contributed by atoms with Crippen LogP contribution in [0.15, 0.2) is 53.4 Å². The molecule has 0 aromatic heterocycles. The minimum Gasteiger partial charge on any atom is -0.482 e. The Morgan fingerprint density at radius 3 is 2.32 bits per heavy atom. The van der Waals surface area contributed by atoms with Gasteiger partial charge in [-0.15, -0.1) is 0 Å². The van der Waals surface area contributed by atoms with Crippen LogP contribution in [-0.4, -0.2) is 32.1 Å². The predicted molar refractivity (Wildman–Crippen MR) is 94.5 cm³/mol. The molecule has 0 unspecified atom stereocenters. The number of ether oxygens (including phenoxy) is 1. The van der Waals surface area contributed by atoms with Gasteiger partial charge < -0.3 is 9.84 Å². The van der Waals surface area contributed by atoms with Crippen molar-refractivity contribution in [1.29, 1.82) is 0 Å². The van der Waals surface area contributed by atoms with Crippen molar-refractivity contribution in [2.24, 2.45) is 0 Å². The molecular formula is C17H18ClNO5S. The van der Waals surface area contributed by atoms with Gasteiger partial charge >= 0.3 is 5.97 Å². The molecule has 2 rings (SSSR count). The first kappa shape index (κ1) is 19.2. The number of nitrogens with one attached hydrogen (secondary N) is 1. The minimum absolute atomic E-state index is 0.154. The molecule has 0 aliphatic carbocycles. The second-order valence-corrected chi connectivity index (χ2v) is 7.66. The van der Waals surface area contributed by atoms with Crippen LogP contribution in [0.2, 0.25) is 5.02 Å². The Labute approximate surface area is 151 Å². The molecule has 0 saturated heterocycles. The third-order valence-electron chi connectivity index (χ3n) is 3.31. The highest BCUT2D eigenvalue weighted by molar-refractivity contribution is 7.89. The van der Waals surface area contributed by atoms with Gasteiger partial charge in [0.05, 0.1) is 4.90 Å². The highest BCUT2D eigenvalue weighted by Crippen LogP contribution is 2.16. The van der Waals surface area contributed by atoms with Gasteiger partial charge in [0.2, 0.25) is 10.0 Å². The summed E-state index contributed by atoms with van der Waals surface area (Å²) in [6.45, 7) is 1.36. The van der Waals surface area contributed by atoms with Crippen molar-refractivity contribution >= 4 is 27.6 Å². The number of carbonyl (C=O) groups is 1. The van der Waals surface area contributed by atoms with E-state index in [9.17, 15) is 13.2 Å². The summed E-state index contributed by atoms with van der Waals surface area (Å²) in [5.41, 5.74) is 0.897. The number of rotatable bonds is 8. The summed E-state index contributed by atoms with van der Waals surface area (Å²) in [6, 6.07) is 12.5. The zero-order chi connectivity index (χ0) is 18.4. The Hall–Kier alpha value is -2.09. The lowest BCUT2D eigenvalue weighted by molar-refractivity contribution is -0.139. The Balaban J connectivity index is 1.96. The molecule has 1 atom stereocenters. The smallest absolute Gasteiger partial charge is 0.341 e.